The molecule has 2 heterocycles. The molecular formula is C21H19N3O5. The molecule has 0 spiro atoms. The predicted octanol–water partition coefficient (Wildman–Crippen LogP) is 2.35. The Bertz CT molecular complexity index is 1070. The van der Waals surface area contributed by atoms with Crippen molar-refractivity contribution in [2.24, 2.45) is 0 Å². The Morgan fingerprint density at radius 2 is 1.83 bits per heavy atom. The fourth-order valence-electron chi connectivity index (χ4n) is 2.81. The van der Waals surface area contributed by atoms with Crippen LogP contribution in [-0.4, -0.2) is 35.5 Å². The summed E-state index contributed by atoms with van der Waals surface area (Å²) < 4.78 is 17.8. The first-order valence-corrected chi connectivity index (χ1v) is 9.16. The van der Waals surface area contributed by atoms with E-state index in [1.807, 2.05) is 30.3 Å². The van der Waals surface area contributed by atoms with Crippen LogP contribution in [0.2, 0.25) is 0 Å². The summed E-state index contributed by atoms with van der Waals surface area (Å²) >= 11 is 0. The highest BCUT2D eigenvalue weighted by Crippen LogP contribution is 2.32. The Kier molecular flexibility index (Phi) is 5.42. The smallest absolute Gasteiger partial charge is 0.276 e. The molecule has 0 fully saturated rings. The van der Waals surface area contributed by atoms with Gasteiger partial charge in [-0.25, -0.2) is 4.68 Å². The average Bonchev–Trinajstić information content (AvgIpc) is 2.75. The molecule has 1 N–H and O–H groups in total. The monoisotopic (exact) mass is 393 g/mol. The standard InChI is InChI=1S/C21H19N3O5/c25-20-9-7-17(23-24(20)10-11-27-16-4-2-1-3-5-16)21(26)22-15-6-8-18-19(14-15)29-13-12-28-18/h1-9,14H,10-13H2,(H,22,26). The van der Waals surface area contributed by atoms with Gasteiger partial charge < -0.3 is 19.5 Å². The van der Waals surface area contributed by atoms with Crippen LogP contribution in [0.1, 0.15) is 10.5 Å². The molecule has 0 aliphatic carbocycles. The summed E-state index contributed by atoms with van der Waals surface area (Å²) in [4.78, 5) is 24.6. The van der Waals surface area contributed by atoms with E-state index in [1.54, 1.807) is 18.2 Å². The number of carbonyl (C=O) groups is 1. The molecule has 1 aliphatic heterocycles. The lowest BCUT2D eigenvalue weighted by molar-refractivity contribution is 0.101. The zero-order valence-electron chi connectivity index (χ0n) is 15.5. The van der Waals surface area contributed by atoms with Crippen molar-refractivity contribution in [1.29, 1.82) is 0 Å². The number of ether oxygens (including phenoxy) is 3. The maximum absolute atomic E-state index is 12.5. The van der Waals surface area contributed by atoms with Crippen LogP contribution in [0, 0.1) is 0 Å². The van der Waals surface area contributed by atoms with E-state index >= 15 is 0 Å². The normalized spacial score (nSPS) is 12.3. The second kappa shape index (κ2) is 8.47. The number of benzene rings is 2. The quantitative estimate of drug-likeness (QED) is 0.691. The molecule has 8 nitrogen and oxygen atoms in total. The molecular weight excluding hydrogens is 374 g/mol. The van der Waals surface area contributed by atoms with Crippen LogP contribution in [-0.2, 0) is 6.54 Å². The van der Waals surface area contributed by atoms with Gasteiger partial charge in [-0.1, -0.05) is 18.2 Å². The van der Waals surface area contributed by atoms with Gasteiger partial charge in [-0.3, -0.25) is 9.59 Å². The highest BCUT2D eigenvalue weighted by molar-refractivity contribution is 6.02. The number of amides is 1. The first-order valence-electron chi connectivity index (χ1n) is 9.16. The molecule has 0 saturated heterocycles. The van der Waals surface area contributed by atoms with E-state index in [1.165, 1.54) is 16.8 Å². The van der Waals surface area contributed by atoms with E-state index < -0.39 is 5.91 Å². The minimum atomic E-state index is -0.431. The highest BCUT2D eigenvalue weighted by Gasteiger charge is 2.15. The van der Waals surface area contributed by atoms with Crippen LogP contribution in [0.15, 0.2) is 65.5 Å². The molecule has 148 valence electrons. The number of hydrogen-bond acceptors (Lipinski definition) is 6. The molecule has 4 rings (SSSR count). The molecule has 1 amide bonds. The lowest BCUT2D eigenvalue weighted by atomic mass is 10.2. The van der Waals surface area contributed by atoms with Gasteiger partial charge in [-0.2, -0.15) is 5.10 Å². The Morgan fingerprint density at radius 1 is 1.03 bits per heavy atom. The number of fused-ring (bicyclic) bond motifs is 1. The van der Waals surface area contributed by atoms with Crippen molar-refractivity contribution in [3.8, 4) is 17.2 Å². The van der Waals surface area contributed by atoms with Crippen molar-refractivity contribution in [2.75, 3.05) is 25.1 Å². The minimum absolute atomic E-state index is 0.124. The van der Waals surface area contributed by atoms with Gasteiger partial charge in [0.15, 0.2) is 11.5 Å². The summed E-state index contributed by atoms with van der Waals surface area (Å²) in [7, 11) is 0. The Labute approximate surface area is 166 Å². The fourth-order valence-corrected chi connectivity index (χ4v) is 2.81. The molecule has 3 aromatic rings. The second-order valence-corrected chi connectivity index (χ2v) is 6.25. The number of aromatic nitrogens is 2. The van der Waals surface area contributed by atoms with Gasteiger partial charge in [-0.05, 0) is 30.3 Å². The Hall–Kier alpha value is -3.81. The molecule has 0 atom stereocenters. The second-order valence-electron chi connectivity index (χ2n) is 6.25. The van der Waals surface area contributed by atoms with Crippen LogP contribution in [0.25, 0.3) is 0 Å². The van der Waals surface area contributed by atoms with Gasteiger partial charge >= 0.3 is 0 Å². The average molecular weight is 393 g/mol. The number of nitrogens with one attached hydrogen (secondary N) is 1. The first kappa shape index (κ1) is 18.5. The number of hydrogen-bond donors (Lipinski definition) is 1. The van der Waals surface area contributed by atoms with E-state index in [9.17, 15) is 9.59 Å². The van der Waals surface area contributed by atoms with E-state index in [-0.39, 0.29) is 24.4 Å². The molecule has 0 bridgehead atoms. The van der Waals surface area contributed by atoms with Gasteiger partial charge in [0.25, 0.3) is 11.5 Å². The zero-order chi connectivity index (χ0) is 20.1. The number of nitrogens with zero attached hydrogens (tertiary/aromatic N) is 2. The molecule has 8 heteroatoms. The number of anilines is 1. The SMILES string of the molecule is O=C(Nc1ccc2c(c1)OCCO2)c1ccc(=O)n(CCOc2ccccc2)n1. The summed E-state index contributed by atoms with van der Waals surface area (Å²) in [5.41, 5.74) is 0.364. The van der Waals surface area contributed by atoms with Crippen molar-refractivity contribution in [2.45, 2.75) is 6.54 Å². The summed E-state index contributed by atoms with van der Waals surface area (Å²) in [6.07, 6.45) is 0. The van der Waals surface area contributed by atoms with Crippen LogP contribution >= 0.6 is 0 Å². The summed E-state index contributed by atoms with van der Waals surface area (Å²) in [5.74, 6) is 1.48. The number of rotatable bonds is 6. The van der Waals surface area contributed by atoms with Crippen LogP contribution < -0.4 is 25.1 Å². The maximum atomic E-state index is 12.5. The molecule has 0 radical (unpaired) electrons. The highest BCUT2D eigenvalue weighted by atomic mass is 16.6. The third kappa shape index (κ3) is 4.55. The van der Waals surface area contributed by atoms with Gasteiger partial charge in [-0.15, -0.1) is 0 Å². The van der Waals surface area contributed by atoms with Crippen molar-refractivity contribution < 1.29 is 19.0 Å². The van der Waals surface area contributed by atoms with Gasteiger partial charge in [0.05, 0.1) is 6.54 Å². The topological polar surface area (TPSA) is 91.7 Å². The third-order valence-electron chi connectivity index (χ3n) is 4.21. The van der Waals surface area contributed by atoms with E-state index in [0.717, 1.165) is 0 Å². The van der Waals surface area contributed by atoms with Crippen molar-refractivity contribution in [3.05, 3.63) is 76.7 Å². The van der Waals surface area contributed by atoms with Crippen LogP contribution in [0.4, 0.5) is 5.69 Å². The van der Waals surface area contributed by atoms with E-state index in [2.05, 4.69) is 10.4 Å². The lowest BCUT2D eigenvalue weighted by Gasteiger charge is -2.19. The summed E-state index contributed by atoms with van der Waals surface area (Å²) in [5, 5.41) is 6.90. The number of carbonyl (C=O) groups excluding carboxylic acids is 1. The van der Waals surface area contributed by atoms with Crippen molar-refractivity contribution in [3.63, 3.8) is 0 Å². The third-order valence-corrected chi connectivity index (χ3v) is 4.21. The Morgan fingerprint density at radius 3 is 2.66 bits per heavy atom. The molecule has 29 heavy (non-hydrogen) atoms. The van der Waals surface area contributed by atoms with Crippen molar-refractivity contribution in [1.82, 2.24) is 9.78 Å². The zero-order valence-corrected chi connectivity index (χ0v) is 15.5. The summed E-state index contributed by atoms with van der Waals surface area (Å²) in [6, 6.07) is 17.1. The minimum Gasteiger partial charge on any atom is -0.492 e. The van der Waals surface area contributed by atoms with E-state index in [0.29, 0.717) is 36.1 Å². The maximum Gasteiger partial charge on any atom is 0.276 e. The molecule has 1 aromatic heterocycles. The van der Waals surface area contributed by atoms with Crippen LogP contribution in [0.3, 0.4) is 0 Å². The van der Waals surface area contributed by atoms with Crippen molar-refractivity contribution >= 4 is 11.6 Å². The molecule has 2 aromatic carbocycles. The van der Waals surface area contributed by atoms with E-state index in [4.69, 9.17) is 14.2 Å². The number of para-hydroxylation sites is 1. The largest absolute Gasteiger partial charge is 0.492 e. The first-order chi connectivity index (χ1) is 14.2. The van der Waals surface area contributed by atoms with Crippen LogP contribution in [0.5, 0.6) is 17.2 Å². The Balaban J connectivity index is 1.42. The molecule has 0 unspecified atom stereocenters. The van der Waals surface area contributed by atoms with Gasteiger partial charge in [0, 0.05) is 17.8 Å². The fraction of sp³-hybridized carbons (Fsp3) is 0.190. The van der Waals surface area contributed by atoms with Gasteiger partial charge in [0.2, 0.25) is 0 Å². The predicted molar refractivity (Wildman–Crippen MR) is 106 cm³/mol. The molecule has 0 saturated carbocycles. The lowest BCUT2D eigenvalue weighted by Crippen LogP contribution is -2.28. The molecule has 1 aliphatic rings. The van der Waals surface area contributed by atoms with Gasteiger partial charge in [0.1, 0.15) is 31.3 Å². The summed E-state index contributed by atoms with van der Waals surface area (Å²) in [6.45, 7) is 1.43.